The van der Waals surface area contributed by atoms with Gasteiger partial charge >= 0.3 is 0 Å². The fourth-order valence-electron chi connectivity index (χ4n) is 3.54. The molecule has 1 heterocycles. The second-order valence-electron chi connectivity index (χ2n) is 7.06. The second kappa shape index (κ2) is 7.93. The highest BCUT2D eigenvalue weighted by Gasteiger charge is 2.53. The topological polar surface area (TPSA) is 78.7 Å². The standard InChI is InChI=1S/C18H26N4O3/c1-20-10-11-21(17(13-20)14-6-3-2-4-7-14)9-5-8-19-18(23)15-12-16(15)22(24)25/h2-4,6-7,15-17H,5,8-13H2,1H3,(H,19,23). The minimum Gasteiger partial charge on any atom is -0.356 e. The van der Waals surface area contributed by atoms with E-state index in [9.17, 15) is 14.9 Å². The van der Waals surface area contributed by atoms with Gasteiger partial charge in [-0.05, 0) is 19.0 Å². The first kappa shape index (κ1) is 17.8. The monoisotopic (exact) mass is 346 g/mol. The molecular formula is C18H26N4O3. The number of likely N-dealkylation sites (N-methyl/N-ethyl adjacent to an activating group) is 1. The van der Waals surface area contributed by atoms with Crippen LogP contribution in [-0.2, 0) is 4.79 Å². The molecule has 1 aliphatic carbocycles. The third-order valence-electron chi connectivity index (χ3n) is 5.16. The number of hydrogen-bond donors (Lipinski definition) is 1. The Morgan fingerprint density at radius 1 is 1.32 bits per heavy atom. The molecule has 1 saturated carbocycles. The van der Waals surface area contributed by atoms with Crippen molar-refractivity contribution in [1.82, 2.24) is 15.1 Å². The summed E-state index contributed by atoms with van der Waals surface area (Å²) in [5, 5.41) is 13.5. The van der Waals surface area contributed by atoms with Crippen molar-refractivity contribution in [2.45, 2.75) is 24.9 Å². The molecule has 3 unspecified atom stereocenters. The largest absolute Gasteiger partial charge is 0.356 e. The Labute approximate surface area is 148 Å². The molecule has 0 aromatic heterocycles. The van der Waals surface area contributed by atoms with Gasteiger partial charge in [0.1, 0.15) is 5.92 Å². The molecule has 25 heavy (non-hydrogen) atoms. The molecule has 2 fully saturated rings. The average molecular weight is 346 g/mol. The van der Waals surface area contributed by atoms with E-state index in [1.165, 1.54) is 5.56 Å². The minimum absolute atomic E-state index is 0.167. The molecule has 7 nitrogen and oxygen atoms in total. The highest BCUT2D eigenvalue weighted by Crippen LogP contribution is 2.33. The summed E-state index contributed by atoms with van der Waals surface area (Å²) in [6.45, 7) is 4.55. The van der Waals surface area contributed by atoms with Crippen LogP contribution >= 0.6 is 0 Å². The van der Waals surface area contributed by atoms with Crippen molar-refractivity contribution in [3.8, 4) is 0 Å². The van der Waals surface area contributed by atoms with Gasteiger partial charge in [-0.2, -0.15) is 0 Å². The van der Waals surface area contributed by atoms with E-state index in [0.717, 1.165) is 32.6 Å². The van der Waals surface area contributed by atoms with Crippen LogP contribution in [0.4, 0.5) is 0 Å². The molecule has 0 spiro atoms. The Kier molecular flexibility index (Phi) is 5.65. The van der Waals surface area contributed by atoms with E-state index in [1.54, 1.807) is 0 Å². The Bertz CT molecular complexity index is 610. The van der Waals surface area contributed by atoms with E-state index in [0.29, 0.717) is 19.0 Å². The van der Waals surface area contributed by atoms with Gasteiger partial charge in [-0.1, -0.05) is 30.3 Å². The number of carbonyl (C=O) groups is 1. The van der Waals surface area contributed by atoms with Crippen molar-refractivity contribution in [1.29, 1.82) is 0 Å². The normalized spacial score (nSPS) is 27.0. The van der Waals surface area contributed by atoms with Gasteiger partial charge < -0.3 is 10.2 Å². The molecule has 1 amide bonds. The Balaban J connectivity index is 1.45. The molecule has 1 aromatic rings. The van der Waals surface area contributed by atoms with Gasteiger partial charge in [0.15, 0.2) is 0 Å². The lowest BCUT2D eigenvalue weighted by atomic mass is 10.0. The van der Waals surface area contributed by atoms with E-state index in [2.05, 4.69) is 46.4 Å². The van der Waals surface area contributed by atoms with E-state index in [1.807, 2.05) is 6.07 Å². The highest BCUT2D eigenvalue weighted by molar-refractivity contribution is 5.81. The van der Waals surface area contributed by atoms with Crippen molar-refractivity contribution in [3.05, 3.63) is 46.0 Å². The van der Waals surface area contributed by atoms with Gasteiger partial charge in [-0.25, -0.2) is 0 Å². The molecule has 136 valence electrons. The van der Waals surface area contributed by atoms with Crippen molar-refractivity contribution in [2.75, 3.05) is 39.8 Å². The Hall–Kier alpha value is -1.99. The number of hydrogen-bond acceptors (Lipinski definition) is 5. The van der Waals surface area contributed by atoms with Crippen LogP contribution in [0.3, 0.4) is 0 Å². The molecule has 1 N–H and O–H groups in total. The molecule has 0 radical (unpaired) electrons. The predicted octanol–water partition coefficient (Wildman–Crippen LogP) is 1.15. The zero-order valence-corrected chi connectivity index (χ0v) is 14.6. The number of benzene rings is 1. The first-order valence-electron chi connectivity index (χ1n) is 8.95. The zero-order valence-electron chi connectivity index (χ0n) is 14.6. The van der Waals surface area contributed by atoms with Gasteiger partial charge in [0.25, 0.3) is 0 Å². The van der Waals surface area contributed by atoms with E-state index in [-0.39, 0.29) is 10.8 Å². The molecule has 3 rings (SSSR count). The summed E-state index contributed by atoms with van der Waals surface area (Å²) in [4.78, 5) is 27.0. The maximum absolute atomic E-state index is 11.9. The van der Waals surface area contributed by atoms with Crippen molar-refractivity contribution >= 4 is 5.91 Å². The van der Waals surface area contributed by atoms with E-state index in [4.69, 9.17) is 0 Å². The van der Waals surface area contributed by atoms with Crippen molar-refractivity contribution in [2.24, 2.45) is 5.92 Å². The first-order chi connectivity index (χ1) is 12.1. The summed E-state index contributed by atoms with van der Waals surface area (Å²) < 4.78 is 0. The van der Waals surface area contributed by atoms with Crippen LogP contribution in [-0.4, -0.2) is 66.4 Å². The molecule has 3 atom stereocenters. The summed E-state index contributed by atoms with van der Waals surface area (Å²) in [6, 6.07) is 10.2. The number of nitrogens with zero attached hydrogens (tertiary/aromatic N) is 3. The summed E-state index contributed by atoms with van der Waals surface area (Å²) >= 11 is 0. The van der Waals surface area contributed by atoms with Crippen molar-refractivity contribution < 1.29 is 9.72 Å². The fraction of sp³-hybridized carbons (Fsp3) is 0.611. The quantitative estimate of drug-likeness (QED) is 0.455. The van der Waals surface area contributed by atoms with E-state index < -0.39 is 12.0 Å². The van der Waals surface area contributed by atoms with Crippen LogP contribution < -0.4 is 5.32 Å². The highest BCUT2D eigenvalue weighted by atomic mass is 16.6. The van der Waals surface area contributed by atoms with E-state index >= 15 is 0 Å². The maximum Gasteiger partial charge on any atom is 0.230 e. The SMILES string of the molecule is CN1CCN(CCCNC(=O)C2CC2[N+](=O)[O-])C(c2ccccc2)C1. The molecule has 1 aromatic carbocycles. The number of rotatable bonds is 7. The number of amides is 1. The molecule has 0 bridgehead atoms. The number of carbonyl (C=O) groups excluding carboxylic acids is 1. The maximum atomic E-state index is 11.9. The molecule has 7 heteroatoms. The first-order valence-corrected chi connectivity index (χ1v) is 8.95. The summed E-state index contributed by atoms with van der Waals surface area (Å²) in [6.07, 6.45) is 1.24. The van der Waals surface area contributed by atoms with Crippen LogP contribution in [0.1, 0.15) is 24.4 Å². The second-order valence-corrected chi connectivity index (χ2v) is 7.06. The van der Waals surface area contributed by atoms with Crippen LogP contribution in [0, 0.1) is 16.0 Å². The number of nitro groups is 1. The van der Waals surface area contributed by atoms with Gasteiger partial charge in [0.05, 0.1) is 0 Å². The summed E-state index contributed by atoms with van der Waals surface area (Å²) in [7, 11) is 2.15. The average Bonchev–Trinajstić information content (AvgIpc) is 3.41. The lowest BCUT2D eigenvalue weighted by Crippen LogP contribution is -2.47. The molecular weight excluding hydrogens is 320 g/mol. The zero-order chi connectivity index (χ0) is 17.8. The minimum atomic E-state index is -0.667. The summed E-state index contributed by atoms with van der Waals surface area (Å²) in [5.74, 6) is -0.588. The van der Waals surface area contributed by atoms with Crippen molar-refractivity contribution in [3.63, 3.8) is 0 Å². The Morgan fingerprint density at radius 2 is 2.08 bits per heavy atom. The van der Waals surface area contributed by atoms with Crippen LogP contribution in [0.2, 0.25) is 0 Å². The molecule has 2 aliphatic rings. The number of nitrogens with one attached hydrogen (secondary N) is 1. The van der Waals surface area contributed by atoms with Gasteiger partial charge in [0.2, 0.25) is 11.9 Å². The lowest BCUT2D eigenvalue weighted by molar-refractivity contribution is -0.497. The van der Waals surface area contributed by atoms with Gasteiger partial charge in [-0.15, -0.1) is 0 Å². The summed E-state index contributed by atoms with van der Waals surface area (Å²) in [5.41, 5.74) is 1.32. The van der Waals surface area contributed by atoms with Crippen LogP contribution in [0.5, 0.6) is 0 Å². The predicted molar refractivity (Wildman–Crippen MR) is 94.8 cm³/mol. The van der Waals surface area contributed by atoms with Crippen LogP contribution in [0.15, 0.2) is 30.3 Å². The van der Waals surface area contributed by atoms with Crippen LogP contribution in [0.25, 0.3) is 0 Å². The lowest BCUT2D eigenvalue weighted by Gasteiger charge is -2.40. The smallest absolute Gasteiger partial charge is 0.230 e. The Morgan fingerprint density at radius 3 is 2.76 bits per heavy atom. The number of piperazine rings is 1. The fourth-order valence-corrected chi connectivity index (χ4v) is 3.54. The molecule has 1 aliphatic heterocycles. The molecule has 1 saturated heterocycles. The third kappa shape index (κ3) is 4.55. The van der Waals surface area contributed by atoms with Gasteiger partial charge in [0, 0.05) is 50.1 Å². The van der Waals surface area contributed by atoms with Gasteiger partial charge in [-0.3, -0.25) is 19.8 Å². The third-order valence-corrected chi connectivity index (χ3v) is 5.16.